The van der Waals surface area contributed by atoms with Gasteiger partial charge in [0.1, 0.15) is 11.5 Å². The lowest BCUT2D eigenvalue weighted by Crippen LogP contribution is -2.29. The third-order valence-electron chi connectivity index (χ3n) is 5.90. The van der Waals surface area contributed by atoms with E-state index in [9.17, 15) is 14.7 Å². The number of Topliss-reactive ketones (excluding diaryl/α,β-unsaturated/α-hetero) is 1. The van der Waals surface area contributed by atoms with Crippen LogP contribution in [0.25, 0.3) is 16.0 Å². The SMILES string of the molecule is CCCOc1ccc(C2C(=C(O)c3ccccc3)C(=O)C(=O)N2c2nc3ccc(C)cc3s2)cc1. The molecule has 0 spiro atoms. The Hall–Kier alpha value is -3.97. The Morgan fingerprint density at radius 1 is 1.06 bits per heavy atom. The molecular weight excluding hydrogens is 460 g/mol. The molecule has 3 aromatic carbocycles. The normalized spacial score (nSPS) is 17.3. The number of carbonyl (C=O) groups excluding carboxylic acids is 2. The van der Waals surface area contributed by atoms with Gasteiger partial charge < -0.3 is 9.84 Å². The van der Waals surface area contributed by atoms with Gasteiger partial charge in [0.25, 0.3) is 5.78 Å². The molecule has 2 heterocycles. The van der Waals surface area contributed by atoms with Crippen molar-refractivity contribution in [1.82, 2.24) is 4.98 Å². The molecule has 7 heteroatoms. The first-order valence-electron chi connectivity index (χ1n) is 11.4. The number of rotatable bonds is 6. The molecule has 0 saturated carbocycles. The van der Waals surface area contributed by atoms with Gasteiger partial charge in [-0.2, -0.15) is 0 Å². The van der Waals surface area contributed by atoms with Crippen molar-refractivity contribution in [2.24, 2.45) is 0 Å². The quantitative estimate of drug-likeness (QED) is 0.206. The highest BCUT2D eigenvalue weighted by molar-refractivity contribution is 7.22. The van der Waals surface area contributed by atoms with Gasteiger partial charge in [-0.25, -0.2) is 4.98 Å². The number of fused-ring (bicyclic) bond motifs is 1. The van der Waals surface area contributed by atoms with E-state index in [0.717, 1.165) is 22.2 Å². The fourth-order valence-electron chi connectivity index (χ4n) is 4.19. The fourth-order valence-corrected chi connectivity index (χ4v) is 5.28. The van der Waals surface area contributed by atoms with E-state index in [2.05, 4.69) is 4.98 Å². The largest absolute Gasteiger partial charge is 0.507 e. The van der Waals surface area contributed by atoms with Crippen LogP contribution in [0.15, 0.2) is 78.4 Å². The zero-order valence-corrected chi connectivity index (χ0v) is 20.2. The Balaban J connectivity index is 1.67. The van der Waals surface area contributed by atoms with E-state index >= 15 is 0 Å². The summed E-state index contributed by atoms with van der Waals surface area (Å²) in [6, 6.07) is 21.1. The van der Waals surface area contributed by atoms with Gasteiger partial charge in [-0.3, -0.25) is 14.5 Å². The number of aliphatic hydroxyl groups excluding tert-OH is 1. The van der Waals surface area contributed by atoms with Crippen LogP contribution in [0, 0.1) is 6.92 Å². The first-order valence-corrected chi connectivity index (χ1v) is 12.3. The highest BCUT2D eigenvalue weighted by atomic mass is 32.1. The molecule has 1 aromatic heterocycles. The Bertz CT molecular complexity index is 1440. The zero-order valence-electron chi connectivity index (χ0n) is 19.4. The standard InChI is InChI=1S/C28H24N2O4S/c1-3-15-34-20-12-10-18(11-13-20)24-23(25(31)19-7-5-4-6-8-19)26(32)27(33)30(24)28-29-21-14-9-17(2)16-22(21)35-28/h4-14,16,24,31H,3,15H2,1-2H3. The van der Waals surface area contributed by atoms with Crippen molar-refractivity contribution >= 4 is 44.1 Å². The Morgan fingerprint density at radius 2 is 1.80 bits per heavy atom. The topological polar surface area (TPSA) is 79.7 Å². The van der Waals surface area contributed by atoms with Gasteiger partial charge in [-0.05, 0) is 48.7 Å². The second-order valence-electron chi connectivity index (χ2n) is 8.42. The number of ketones is 1. The maximum Gasteiger partial charge on any atom is 0.301 e. The van der Waals surface area contributed by atoms with Crippen molar-refractivity contribution < 1.29 is 19.4 Å². The molecule has 0 aliphatic carbocycles. The molecule has 5 rings (SSSR count). The summed E-state index contributed by atoms with van der Waals surface area (Å²) in [5.41, 5.74) is 3.03. The van der Waals surface area contributed by atoms with Crippen LogP contribution in [-0.4, -0.2) is 28.4 Å². The number of aromatic nitrogens is 1. The highest BCUT2D eigenvalue weighted by Gasteiger charge is 2.48. The van der Waals surface area contributed by atoms with E-state index in [1.165, 1.54) is 16.2 Å². The van der Waals surface area contributed by atoms with Crippen LogP contribution < -0.4 is 9.64 Å². The molecule has 1 aliphatic heterocycles. The Kier molecular flexibility index (Phi) is 6.09. The van der Waals surface area contributed by atoms with Gasteiger partial charge >= 0.3 is 5.91 Å². The lowest BCUT2D eigenvalue weighted by Gasteiger charge is -2.23. The molecule has 35 heavy (non-hydrogen) atoms. The summed E-state index contributed by atoms with van der Waals surface area (Å²) >= 11 is 1.35. The molecule has 1 aliphatic rings. The van der Waals surface area contributed by atoms with E-state index in [-0.39, 0.29) is 11.3 Å². The number of nitrogens with zero attached hydrogens (tertiary/aromatic N) is 2. The van der Waals surface area contributed by atoms with Crippen LogP contribution in [0.3, 0.4) is 0 Å². The van der Waals surface area contributed by atoms with Crippen LogP contribution in [0.1, 0.15) is 36.1 Å². The molecule has 6 nitrogen and oxygen atoms in total. The number of aryl methyl sites for hydroxylation is 1. The summed E-state index contributed by atoms with van der Waals surface area (Å²) in [5.74, 6) is -0.960. The van der Waals surface area contributed by atoms with Gasteiger partial charge in [-0.15, -0.1) is 0 Å². The predicted molar refractivity (Wildman–Crippen MR) is 138 cm³/mol. The summed E-state index contributed by atoms with van der Waals surface area (Å²) in [7, 11) is 0. The summed E-state index contributed by atoms with van der Waals surface area (Å²) in [4.78, 5) is 32.7. The second kappa shape index (κ2) is 9.35. The third kappa shape index (κ3) is 4.19. The molecule has 176 valence electrons. The number of hydrogen-bond acceptors (Lipinski definition) is 6. The van der Waals surface area contributed by atoms with Crippen LogP contribution in [0.2, 0.25) is 0 Å². The molecule has 1 fully saturated rings. The Labute approximate surface area is 207 Å². The average molecular weight is 485 g/mol. The molecule has 1 N–H and O–H groups in total. The lowest BCUT2D eigenvalue weighted by molar-refractivity contribution is -0.132. The maximum atomic E-state index is 13.4. The van der Waals surface area contributed by atoms with Crippen molar-refractivity contribution in [3.63, 3.8) is 0 Å². The molecule has 1 atom stereocenters. The van der Waals surface area contributed by atoms with E-state index in [1.807, 2.05) is 62.4 Å². The van der Waals surface area contributed by atoms with Gasteiger partial charge in [-0.1, -0.05) is 66.8 Å². The van der Waals surface area contributed by atoms with Crippen molar-refractivity contribution in [3.05, 3.63) is 95.1 Å². The highest BCUT2D eigenvalue weighted by Crippen LogP contribution is 2.44. The lowest BCUT2D eigenvalue weighted by atomic mass is 9.95. The number of hydrogen-bond donors (Lipinski definition) is 1. The number of anilines is 1. The van der Waals surface area contributed by atoms with Crippen molar-refractivity contribution in [1.29, 1.82) is 0 Å². The van der Waals surface area contributed by atoms with E-state index in [0.29, 0.717) is 28.6 Å². The second-order valence-corrected chi connectivity index (χ2v) is 9.43. The molecule has 1 saturated heterocycles. The van der Waals surface area contributed by atoms with Crippen LogP contribution >= 0.6 is 11.3 Å². The number of ether oxygens (including phenoxy) is 1. The number of amides is 1. The monoisotopic (exact) mass is 484 g/mol. The minimum atomic E-state index is -0.822. The molecule has 0 bridgehead atoms. The molecular formula is C28H24N2O4S. The van der Waals surface area contributed by atoms with E-state index in [1.54, 1.807) is 24.3 Å². The van der Waals surface area contributed by atoms with Crippen molar-refractivity contribution in [3.8, 4) is 5.75 Å². The number of carbonyl (C=O) groups is 2. The summed E-state index contributed by atoms with van der Waals surface area (Å²) in [6.07, 6.45) is 0.885. The smallest absolute Gasteiger partial charge is 0.301 e. The van der Waals surface area contributed by atoms with Gasteiger partial charge in [0.05, 0.1) is 28.4 Å². The third-order valence-corrected chi connectivity index (χ3v) is 6.92. The van der Waals surface area contributed by atoms with Gasteiger partial charge in [0.15, 0.2) is 5.13 Å². The van der Waals surface area contributed by atoms with Crippen LogP contribution in [-0.2, 0) is 9.59 Å². The van der Waals surface area contributed by atoms with Crippen LogP contribution in [0.4, 0.5) is 5.13 Å². The minimum absolute atomic E-state index is 0.0406. The first-order chi connectivity index (χ1) is 17.0. The first kappa shape index (κ1) is 22.8. The molecule has 4 aromatic rings. The average Bonchev–Trinajstić information content (AvgIpc) is 3.40. The zero-order chi connectivity index (χ0) is 24.5. The van der Waals surface area contributed by atoms with E-state index < -0.39 is 17.7 Å². The summed E-state index contributed by atoms with van der Waals surface area (Å²) in [5, 5.41) is 11.6. The van der Waals surface area contributed by atoms with Crippen molar-refractivity contribution in [2.45, 2.75) is 26.3 Å². The Morgan fingerprint density at radius 3 is 2.51 bits per heavy atom. The van der Waals surface area contributed by atoms with Crippen LogP contribution in [0.5, 0.6) is 5.75 Å². The molecule has 1 amide bonds. The van der Waals surface area contributed by atoms with Gasteiger partial charge in [0.2, 0.25) is 0 Å². The summed E-state index contributed by atoms with van der Waals surface area (Å²) < 4.78 is 6.63. The number of benzene rings is 3. The number of thiazole rings is 1. The summed E-state index contributed by atoms with van der Waals surface area (Å²) in [6.45, 7) is 4.62. The molecule has 0 radical (unpaired) electrons. The fraction of sp³-hybridized carbons (Fsp3) is 0.179. The molecule has 1 unspecified atom stereocenters. The maximum absolute atomic E-state index is 13.4. The number of aliphatic hydroxyl groups is 1. The predicted octanol–water partition coefficient (Wildman–Crippen LogP) is 6.02. The minimum Gasteiger partial charge on any atom is -0.507 e. The van der Waals surface area contributed by atoms with E-state index in [4.69, 9.17) is 4.74 Å². The van der Waals surface area contributed by atoms with Crippen molar-refractivity contribution in [2.75, 3.05) is 11.5 Å². The van der Waals surface area contributed by atoms with Gasteiger partial charge in [0, 0.05) is 5.56 Å².